The molecule has 7 heteroatoms. The molecule has 1 atom stereocenters. The highest BCUT2D eigenvalue weighted by Crippen LogP contribution is 2.21. The molecule has 7 nitrogen and oxygen atoms in total. The van der Waals surface area contributed by atoms with Crippen LogP contribution in [0.2, 0.25) is 0 Å². The standard InChI is InChI=1S/C27H34N4O3/c1-20-4-2-14-30(18-20)19-22-8-6-21(7-9-22)16-28-25(32)17-29-27(34)23-10-12-24(13-11-23)31-15-3-5-26(31)33/h6-13,20H,2-5,14-19H2,1H3,(H,28,32)(H,29,34)/t20-/m1/s1. The Labute approximate surface area is 201 Å². The zero-order valence-corrected chi connectivity index (χ0v) is 19.9. The minimum absolute atomic E-state index is 0.0869. The van der Waals surface area contributed by atoms with Crippen molar-refractivity contribution in [1.82, 2.24) is 15.5 Å². The van der Waals surface area contributed by atoms with E-state index in [1.165, 1.54) is 18.4 Å². The summed E-state index contributed by atoms with van der Waals surface area (Å²) in [7, 11) is 0. The minimum atomic E-state index is -0.314. The maximum absolute atomic E-state index is 12.4. The van der Waals surface area contributed by atoms with Crippen LogP contribution in [0.25, 0.3) is 0 Å². The van der Waals surface area contributed by atoms with Crippen LogP contribution in [0.4, 0.5) is 5.69 Å². The number of hydrogen-bond donors (Lipinski definition) is 2. The quantitative estimate of drug-likeness (QED) is 0.632. The van der Waals surface area contributed by atoms with Gasteiger partial charge in [-0.05, 0) is 67.1 Å². The average molecular weight is 463 g/mol. The average Bonchev–Trinajstić information content (AvgIpc) is 3.28. The molecule has 2 aromatic carbocycles. The van der Waals surface area contributed by atoms with Gasteiger partial charge in [0, 0.05) is 43.9 Å². The van der Waals surface area contributed by atoms with Crippen molar-refractivity contribution in [2.24, 2.45) is 5.92 Å². The number of rotatable bonds is 8. The van der Waals surface area contributed by atoms with Crippen molar-refractivity contribution < 1.29 is 14.4 Å². The van der Waals surface area contributed by atoms with Crippen molar-refractivity contribution in [3.63, 3.8) is 0 Å². The molecule has 4 rings (SSSR count). The SMILES string of the molecule is C[C@@H]1CCCN(Cc2ccc(CNC(=O)CNC(=O)c3ccc(N4CCCC4=O)cc3)cc2)C1. The van der Waals surface area contributed by atoms with Gasteiger partial charge in [-0.3, -0.25) is 19.3 Å². The Morgan fingerprint density at radius 3 is 2.35 bits per heavy atom. The Bertz CT molecular complexity index is 1000. The summed E-state index contributed by atoms with van der Waals surface area (Å²) in [6, 6.07) is 15.3. The Morgan fingerprint density at radius 2 is 1.68 bits per heavy atom. The first-order valence-electron chi connectivity index (χ1n) is 12.2. The maximum atomic E-state index is 12.4. The summed E-state index contributed by atoms with van der Waals surface area (Å²) < 4.78 is 0. The first-order valence-corrected chi connectivity index (χ1v) is 12.2. The summed E-state index contributed by atoms with van der Waals surface area (Å²) in [5.41, 5.74) is 3.58. The minimum Gasteiger partial charge on any atom is -0.350 e. The topological polar surface area (TPSA) is 81.8 Å². The molecule has 2 saturated heterocycles. The van der Waals surface area contributed by atoms with Crippen LogP contribution in [0.15, 0.2) is 48.5 Å². The van der Waals surface area contributed by atoms with Gasteiger partial charge < -0.3 is 15.5 Å². The number of hydrogen-bond acceptors (Lipinski definition) is 4. The highest BCUT2D eigenvalue weighted by Gasteiger charge is 2.21. The molecule has 0 spiro atoms. The molecular formula is C27H34N4O3. The number of nitrogens with zero attached hydrogens (tertiary/aromatic N) is 2. The number of nitrogens with one attached hydrogen (secondary N) is 2. The largest absolute Gasteiger partial charge is 0.350 e. The van der Waals surface area contributed by atoms with Gasteiger partial charge in [-0.2, -0.15) is 0 Å². The van der Waals surface area contributed by atoms with E-state index in [0.29, 0.717) is 25.1 Å². The molecule has 0 aliphatic carbocycles. The second kappa shape index (κ2) is 11.3. The van der Waals surface area contributed by atoms with E-state index >= 15 is 0 Å². The first kappa shape index (κ1) is 24.0. The Hall–Kier alpha value is -3.19. The second-order valence-corrected chi connectivity index (χ2v) is 9.45. The van der Waals surface area contributed by atoms with E-state index < -0.39 is 0 Å². The summed E-state index contributed by atoms with van der Waals surface area (Å²) >= 11 is 0. The van der Waals surface area contributed by atoms with Crippen molar-refractivity contribution in [2.75, 3.05) is 31.1 Å². The van der Waals surface area contributed by atoms with Crippen molar-refractivity contribution in [2.45, 2.75) is 45.7 Å². The third-order valence-electron chi connectivity index (χ3n) is 6.58. The molecule has 2 aromatic rings. The van der Waals surface area contributed by atoms with Gasteiger partial charge in [0.2, 0.25) is 11.8 Å². The smallest absolute Gasteiger partial charge is 0.251 e. The van der Waals surface area contributed by atoms with Gasteiger partial charge in [0.25, 0.3) is 5.91 Å². The van der Waals surface area contributed by atoms with Crippen molar-refractivity contribution in [3.8, 4) is 0 Å². The predicted octanol–water partition coefficient (Wildman–Crippen LogP) is 3.09. The number of piperidine rings is 1. The number of likely N-dealkylation sites (tertiary alicyclic amines) is 1. The second-order valence-electron chi connectivity index (χ2n) is 9.45. The predicted molar refractivity (Wildman–Crippen MR) is 132 cm³/mol. The molecular weight excluding hydrogens is 428 g/mol. The third kappa shape index (κ3) is 6.44. The van der Waals surface area contributed by atoms with Gasteiger partial charge >= 0.3 is 0 Å². The van der Waals surface area contributed by atoms with Crippen molar-refractivity contribution in [1.29, 1.82) is 0 Å². The molecule has 0 bridgehead atoms. The summed E-state index contributed by atoms with van der Waals surface area (Å²) in [5.74, 6) is 0.327. The lowest BCUT2D eigenvalue weighted by atomic mass is 9.99. The van der Waals surface area contributed by atoms with Gasteiger partial charge in [0.15, 0.2) is 0 Å². The lowest BCUT2D eigenvalue weighted by molar-refractivity contribution is -0.120. The molecule has 180 valence electrons. The van der Waals surface area contributed by atoms with E-state index in [9.17, 15) is 14.4 Å². The molecule has 2 heterocycles. The molecule has 3 amide bonds. The van der Waals surface area contributed by atoms with Crippen LogP contribution in [-0.4, -0.2) is 48.8 Å². The molecule has 2 aliphatic rings. The Kier molecular flexibility index (Phi) is 7.95. The molecule has 2 N–H and O–H groups in total. The van der Waals surface area contributed by atoms with Crippen LogP contribution < -0.4 is 15.5 Å². The molecule has 0 radical (unpaired) electrons. The van der Waals surface area contributed by atoms with Crippen LogP contribution in [0.1, 0.15) is 54.1 Å². The number of carbonyl (C=O) groups excluding carboxylic acids is 3. The summed E-state index contributed by atoms with van der Waals surface area (Å²) in [6.45, 7) is 6.66. The molecule has 0 saturated carbocycles. The normalized spacial score (nSPS) is 18.7. The van der Waals surface area contributed by atoms with Gasteiger partial charge in [-0.15, -0.1) is 0 Å². The van der Waals surface area contributed by atoms with E-state index in [1.54, 1.807) is 29.2 Å². The maximum Gasteiger partial charge on any atom is 0.251 e. The lowest BCUT2D eigenvalue weighted by Crippen LogP contribution is -2.36. The number of anilines is 1. The third-order valence-corrected chi connectivity index (χ3v) is 6.58. The number of carbonyl (C=O) groups is 3. The van der Waals surface area contributed by atoms with E-state index in [2.05, 4.69) is 34.6 Å². The van der Waals surface area contributed by atoms with Gasteiger partial charge in [0.1, 0.15) is 0 Å². The van der Waals surface area contributed by atoms with Crippen molar-refractivity contribution in [3.05, 3.63) is 65.2 Å². The molecule has 0 aromatic heterocycles. The fourth-order valence-electron chi connectivity index (χ4n) is 4.69. The van der Waals surface area contributed by atoms with Gasteiger partial charge in [0.05, 0.1) is 6.54 Å². The van der Waals surface area contributed by atoms with Crippen molar-refractivity contribution >= 4 is 23.4 Å². The fraction of sp³-hybridized carbons (Fsp3) is 0.444. The molecule has 34 heavy (non-hydrogen) atoms. The number of benzene rings is 2. The van der Waals surface area contributed by atoms with Crippen LogP contribution in [0.3, 0.4) is 0 Å². The fourth-order valence-corrected chi connectivity index (χ4v) is 4.69. The zero-order chi connectivity index (χ0) is 23.9. The van der Waals surface area contributed by atoms with Gasteiger partial charge in [-0.1, -0.05) is 31.2 Å². The van der Waals surface area contributed by atoms with E-state index in [0.717, 1.165) is 43.2 Å². The molecule has 0 unspecified atom stereocenters. The van der Waals surface area contributed by atoms with E-state index in [4.69, 9.17) is 0 Å². The molecule has 2 fully saturated rings. The monoisotopic (exact) mass is 462 g/mol. The summed E-state index contributed by atoms with van der Waals surface area (Å²) in [5, 5.41) is 5.51. The van der Waals surface area contributed by atoms with Crippen LogP contribution in [0.5, 0.6) is 0 Å². The van der Waals surface area contributed by atoms with Crippen LogP contribution >= 0.6 is 0 Å². The highest BCUT2D eigenvalue weighted by atomic mass is 16.2. The molecule has 2 aliphatic heterocycles. The number of amides is 3. The Morgan fingerprint density at radius 1 is 0.941 bits per heavy atom. The van der Waals surface area contributed by atoms with E-state index in [-0.39, 0.29) is 24.3 Å². The highest BCUT2D eigenvalue weighted by molar-refractivity contribution is 5.98. The van der Waals surface area contributed by atoms with E-state index in [1.807, 2.05) is 12.1 Å². The van der Waals surface area contributed by atoms with Crippen LogP contribution in [0, 0.1) is 5.92 Å². The first-order chi connectivity index (χ1) is 16.5. The van der Waals surface area contributed by atoms with Crippen LogP contribution in [-0.2, 0) is 22.7 Å². The van der Waals surface area contributed by atoms with Gasteiger partial charge in [-0.25, -0.2) is 0 Å². The Balaban J connectivity index is 1.18. The zero-order valence-electron chi connectivity index (χ0n) is 19.9. The lowest BCUT2D eigenvalue weighted by Gasteiger charge is -2.30. The summed E-state index contributed by atoms with van der Waals surface area (Å²) in [6.07, 6.45) is 4.02. The summed E-state index contributed by atoms with van der Waals surface area (Å²) in [4.78, 5) is 40.6.